The van der Waals surface area contributed by atoms with Gasteiger partial charge in [-0.05, 0) is 0 Å². The minimum atomic E-state index is 0.144. The second kappa shape index (κ2) is 7.76. The van der Waals surface area contributed by atoms with Gasteiger partial charge in [-0.2, -0.15) is 0 Å². The van der Waals surface area contributed by atoms with E-state index in [1.807, 2.05) is 23.1 Å². The van der Waals surface area contributed by atoms with E-state index in [-0.39, 0.29) is 11.3 Å². The predicted molar refractivity (Wildman–Crippen MR) is 106 cm³/mol. The summed E-state index contributed by atoms with van der Waals surface area (Å²) in [4.78, 5) is 15.2. The molecule has 1 aliphatic rings. The molecule has 3 heteroatoms. The van der Waals surface area contributed by atoms with Crippen LogP contribution in [0.25, 0.3) is 0 Å². The molecule has 0 saturated carbocycles. The first-order valence-corrected chi connectivity index (χ1v) is 11.0. The summed E-state index contributed by atoms with van der Waals surface area (Å²) in [6, 6.07) is 20.9. The number of para-hydroxylation sites is 1. The number of anilines is 1. The van der Waals surface area contributed by atoms with Crippen LogP contribution in [0.2, 0.25) is 5.32 Å². The molecule has 0 radical (unpaired) electrons. The van der Waals surface area contributed by atoms with Gasteiger partial charge in [-0.25, -0.2) is 0 Å². The Morgan fingerprint density at radius 3 is 2.20 bits per heavy atom. The molecular formula is C22H27NOSe. The van der Waals surface area contributed by atoms with Crippen molar-refractivity contribution in [3.63, 3.8) is 0 Å². The first kappa shape index (κ1) is 18.2. The maximum absolute atomic E-state index is 13.1. The number of carbonyl (C=O) groups is 1. The van der Waals surface area contributed by atoms with E-state index in [2.05, 4.69) is 63.2 Å². The van der Waals surface area contributed by atoms with Crippen molar-refractivity contribution in [1.82, 2.24) is 0 Å². The van der Waals surface area contributed by atoms with E-state index in [0.29, 0.717) is 26.8 Å². The van der Waals surface area contributed by atoms with Crippen molar-refractivity contribution in [2.45, 2.75) is 32.5 Å². The van der Waals surface area contributed by atoms with Crippen LogP contribution in [0.1, 0.15) is 27.2 Å². The summed E-state index contributed by atoms with van der Waals surface area (Å²) < 4.78 is 1.43. The van der Waals surface area contributed by atoms with E-state index < -0.39 is 0 Å². The number of hydrogen-bond donors (Lipinski definition) is 0. The Morgan fingerprint density at radius 2 is 1.60 bits per heavy atom. The summed E-state index contributed by atoms with van der Waals surface area (Å²) in [7, 11) is 0. The summed E-state index contributed by atoms with van der Waals surface area (Å²) in [6.45, 7) is 7.58. The van der Waals surface area contributed by atoms with Gasteiger partial charge in [0.15, 0.2) is 0 Å². The van der Waals surface area contributed by atoms with Crippen LogP contribution in [-0.2, 0) is 4.79 Å². The topological polar surface area (TPSA) is 20.3 Å². The molecule has 2 aromatic rings. The summed E-state index contributed by atoms with van der Waals surface area (Å²) in [5.41, 5.74) is 1.21. The fourth-order valence-electron chi connectivity index (χ4n) is 3.50. The predicted octanol–water partition coefficient (Wildman–Crippen LogP) is 4.15. The van der Waals surface area contributed by atoms with Crippen molar-refractivity contribution in [3.05, 3.63) is 60.7 Å². The van der Waals surface area contributed by atoms with E-state index in [4.69, 9.17) is 0 Å². The maximum atomic E-state index is 13.1. The van der Waals surface area contributed by atoms with Crippen molar-refractivity contribution in [2.75, 3.05) is 11.4 Å². The van der Waals surface area contributed by atoms with Crippen molar-refractivity contribution >= 4 is 31.0 Å². The van der Waals surface area contributed by atoms with E-state index in [9.17, 15) is 4.79 Å². The quantitative estimate of drug-likeness (QED) is 0.691. The first-order chi connectivity index (χ1) is 11.9. The molecule has 0 aliphatic carbocycles. The van der Waals surface area contributed by atoms with Crippen LogP contribution in [0.5, 0.6) is 0 Å². The first-order valence-electron chi connectivity index (χ1n) is 8.98. The normalized spacial score (nSPS) is 20.9. The Labute approximate surface area is 157 Å². The van der Waals surface area contributed by atoms with Gasteiger partial charge in [0, 0.05) is 0 Å². The number of rotatable bonds is 5. The molecule has 3 rings (SSSR count). The van der Waals surface area contributed by atoms with E-state index in [0.717, 1.165) is 24.0 Å². The molecule has 0 aromatic heterocycles. The summed E-state index contributed by atoms with van der Waals surface area (Å²) in [5, 5.41) is 1.13. The van der Waals surface area contributed by atoms with Gasteiger partial charge in [0.25, 0.3) is 0 Å². The third-order valence-electron chi connectivity index (χ3n) is 4.68. The molecule has 1 aliphatic heterocycles. The van der Waals surface area contributed by atoms with Gasteiger partial charge in [0.2, 0.25) is 0 Å². The van der Waals surface area contributed by atoms with Crippen LogP contribution >= 0.6 is 0 Å². The molecule has 1 heterocycles. The summed E-state index contributed by atoms with van der Waals surface area (Å²) in [6.07, 6.45) is 0.963. The van der Waals surface area contributed by atoms with Crippen molar-refractivity contribution < 1.29 is 4.79 Å². The molecule has 1 fully saturated rings. The zero-order valence-corrected chi connectivity index (χ0v) is 17.0. The number of hydrogen-bond acceptors (Lipinski definition) is 1. The molecule has 2 aromatic carbocycles. The average molecular weight is 400 g/mol. The molecule has 2 nitrogen and oxygen atoms in total. The van der Waals surface area contributed by atoms with Crippen LogP contribution in [0.3, 0.4) is 0 Å². The van der Waals surface area contributed by atoms with Crippen molar-refractivity contribution in [2.24, 2.45) is 17.3 Å². The molecule has 0 bridgehead atoms. The molecule has 25 heavy (non-hydrogen) atoms. The van der Waals surface area contributed by atoms with Crippen LogP contribution < -0.4 is 9.36 Å². The monoisotopic (exact) mass is 401 g/mol. The van der Waals surface area contributed by atoms with E-state index in [1.54, 1.807) is 0 Å². The van der Waals surface area contributed by atoms with E-state index in [1.165, 1.54) is 4.46 Å². The SMILES string of the molecule is CC(C)(C)C[C@H]1C(=O)N(c2ccccc2)C[C@@H]1C[Se]c1ccccc1. The molecular weight excluding hydrogens is 373 g/mol. The minimum absolute atomic E-state index is 0.144. The molecule has 1 amide bonds. The average Bonchev–Trinajstić information content (AvgIpc) is 2.89. The summed E-state index contributed by atoms with van der Waals surface area (Å²) in [5.74, 6) is 0.910. The third-order valence-corrected chi connectivity index (χ3v) is 7.20. The molecule has 132 valence electrons. The van der Waals surface area contributed by atoms with Gasteiger partial charge < -0.3 is 0 Å². The Kier molecular flexibility index (Phi) is 5.66. The summed E-state index contributed by atoms with van der Waals surface area (Å²) >= 11 is 0.426. The molecule has 0 N–H and O–H groups in total. The molecule has 2 atom stereocenters. The number of carbonyl (C=O) groups excluding carboxylic acids is 1. The van der Waals surface area contributed by atoms with E-state index >= 15 is 0 Å². The Morgan fingerprint density at radius 1 is 1.00 bits per heavy atom. The number of benzene rings is 2. The van der Waals surface area contributed by atoms with Gasteiger partial charge in [0.1, 0.15) is 0 Å². The standard InChI is InChI=1S/C22H27NOSe/c1-22(2,3)14-20-17(16-25-19-12-8-5-9-13-19)15-23(21(20)24)18-10-6-4-7-11-18/h4-13,17,20H,14-16H2,1-3H3/t17-,20-/m1/s1. The van der Waals surface area contributed by atoms with Crippen LogP contribution in [-0.4, -0.2) is 27.4 Å². The Balaban J connectivity index is 1.77. The zero-order valence-electron chi connectivity index (χ0n) is 15.3. The van der Waals surface area contributed by atoms with Crippen molar-refractivity contribution in [1.29, 1.82) is 0 Å². The van der Waals surface area contributed by atoms with Crippen molar-refractivity contribution in [3.8, 4) is 0 Å². The Hall–Kier alpha value is -1.57. The van der Waals surface area contributed by atoms with Crippen LogP contribution in [0, 0.1) is 17.3 Å². The van der Waals surface area contributed by atoms with Gasteiger partial charge in [-0.3, -0.25) is 0 Å². The fraction of sp³-hybridized carbons (Fsp3) is 0.409. The van der Waals surface area contributed by atoms with Gasteiger partial charge >= 0.3 is 158 Å². The molecule has 0 unspecified atom stereocenters. The fourth-order valence-corrected chi connectivity index (χ4v) is 5.79. The number of amides is 1. The van der Waals surface area contributed by atoms with Crippen LogP contribution in [0.15, 0.2) is 60.7 Å². The number of nitrogens with zero attached hydrogens (tertiary/aromatic N) is 1. The third kappa shape index (κ3) is 4.74. The Bertz CT molecular complexity index is 693. The van der Waals surface area contributed by atoms with Gasteiger partial charge in [0.05, 0.1) is 0 Å². The van der Waals surface area contributed by atoms with Gasteiger partial charge in [-0.15, -0.1) is 0 Å². The molecule has 1 saturated heterocycles. The molecule has 0 spiro atoms. The van der Waals surface area contributed by atoms with Gasteiger partial charge in [-0.1, -0.05) is 0 Å². The zero-order chi connectivity index (χ0) is 17.9. The second-order valence-electron chi connectivity index (χ2n) is 8.04. The second-order valence-corrected chi connectivity index (χ2v) is 10.3. The van der Waals surface area contributed by atoms with Crippen LogP contribution in [0.4, 0.5) is 5.69 Å².